The molecule has 0 amide bonds. The van der Waals surface area contributed by atoms with Crippen molar-refractivity contribution in [3.63, 3.8) is 0 Å². The fraction of sp³-hybridized carbons (Fsp3) is 0.261. The Morgan fingerprint density at radius 1 is 0.792 bits per heavy atom. The molecule has 0 radical (unpaired) electrons. The van der Waals surface area contributed by atoms with Crippen LogP contribution in [0.2, 0.25) is 0 Å². The van der Waals surface area contributed by atoms with E-state index in [4.69, 9.17) is 4.99 Å². The van der Waals surface area contributed by atoms with Crippen LogP contribution in [0, 0.1) is 13.8 Å². The van der Waals surface area contributed by atoms with Crippen LogP contribution in [0.3, 0.4) is 0 Å². The second kappa shape index (κ2) is 6.60. The van der Waals surface area contributed by atoms with E-state index in [-0.39, 0.29) is 0 Å². The normalized spacial score (nSPS) is 15.0. The van der Waals surface area contributed by atoms with E-state index in [2.05, 4.69) is 77.1 Å². The summed E-state index contributed by atoms with van der Waals surface area (Å²) in [5.41, 5.74) is 11.8. The maximum atomic E-state index is 4.81. The number of aliphatic imine (C=N–C) groups is 1. The zero-order chi connectivity index (χ0) is 17.3. The maximum absolute atomic E-state index is 4.81. The van der Waals surface area contributed by atoms with Gasteiger partial charge >= 0.3 is 0 Å². The lowest BCUT2D eigenvalue weighted by molar-refractivity contribution is 1.22. The number of rotatable bonds is 3. The van der Waals surface area contributed by atoms with Gasteiger partial charge in [-0.05, 0) is 74.4 Å². The molecular weight excluding hydrogens is 290 g/mol. The largest absolute Gasteiger partial charge is 0.256 e. The van der Waals surface area contributed by atoms with Gasteiger partial charge in [-0.1, -0.05) is 48.0 Å². The van der Waals surface area contributed by atoms with Crippen molar-refractivity contribution in [3.05, 3.63) is 81.4 Å². The van der Waals surface area contributed by atoms with E-state index in [0.717, 1.165) is 12.1 Å². The van der Waals surface area contributed by atoms with Crippen LogP contribution in [0.4, 0.5) is 5.69 Å². The quantitative estimate of drug-likeness (QED) is 0.568. The number of hydrogen-bond donors (Lipinski definition) is 0. The van der Waals surface area contributed by atoms with Gasteiger partial charge in [0.25, 0.3) is 0 Å². The van der Waals surface area contributed by atoms with Crippen LogP contribution in [0.25, 0.3) is 5.57 Å². The molecule has 0 saturated heterocycles. The van der Waals surface area contributed by atoms with Gasteiger partial charge in [0.2, 0.25) is 0 Å². The van der Waals surface area contributed by atoms with Gasteiger partial charge in [-0.25, -0.2) is 0 Å². The summed E-state index contributed by atoms with van der Waals surface area (Å²) in [6.45, 7) is 10.9. The van der Waals surface area contributed by atoms with E-state index in [1.54, 1.807) is 0 Å². The Morgan fingerprint density at radius 3 is 2.08 bits per heavy atom. The second-order valence-corrected chi connectivity index (χ2v) is 6.77. The Balaban J connectivity index is 2.02. The average molecular weight is 315 g/mol. The molecule has 0 N–H and O–H groups in total. The highest BCUT2D eigenvalue weighted by Crippen LogP contribution is 2.38. The zero-order valence-electron chi connectivity index (χ0n) is 15.3. The van der Waals surface area contributed by atoms with Crippen molar-refractivity contribution in [1.82, 2.24) is 0 Å². The fourth-order valence-corrected chi connectivity index (χ4v) is 3.40. The van der Waals surface area contributed by atoms with E-state index in [1.807, 2.05) is 6.21 Å². The molecule has 0 bridgehead atoms. The molecule has 122 valence electrons. The first-order chi connectivity index (χ1) is 11.5. The molecule has 24 heavy (non-hydrogen) atoms. The van der Waals surface area contributed by atoms with Gasteiger partial charge in [0, 0.05) is 11.8 Å². The summed E-state index contributed by atoms with van der Waals surface area (Å²) in [6.07, 6.45) is 3.07. The van der Waals surface area contributed by atoms with Gasteiger partial charge in [-0.15, -0.1) is 0 Å². The third kappa shape index (κ3) is 2.99. The molecule has 0 unspecified atom stereocenters. The molecule has 0 atom stereocenters. The highest BCUT2D eigenvalue weighted by Gasteiger charge is 2.18. The summed E-state index contributed by atoms with van der Waals surface area (Å²) < 4.78 is 0. The van der Waals surface area contributed by atoms with Gasteiger partial charge < -0.3 is 0 Å². The summed E-state index contributed by atoms with van der Waals surface area (Å²) in [7, 11) is 0. The number of nitrogens with zero attached hydrogens (tertiary/aromatic N) is 1. The molecule has 0 spiro atoms. The molecule has 0 fully saturated rings. The Morgan fingerprint density at radius 2 is 1.46 bits per heavy atom. The van der Waals surface area contributed by atoms with Crippen molar-refractivity contribution in [2.45, 2.75) is 41.0 Å². The van der Waals surface area contributed by atoms with Crippen molar-refractivity contribution in [2.24, 2.45) is 4.99 Å². The Hall–Kier alpha value is -2.41. The lowest BCUT2D eigenvalue weighted by atomic mass is 9.96. The molecule has 0 saturated carbocycles. The third-order valence-electron chi connectivity index (χ3n) is 5.16. The van der Waals surface area contributed by atoms with Crippen LogP contribution in [0.5, 0.6) is 0 Å². The third-order valence-corrected chi connectivity index (χ3v) is 5.16. The molecule has 3 rings (SSSR count). The Labute approximate surface area is 145 Å². The van der Waals surface area contributed by atoms with Gasteiger partial charge in [0.05, 0.1) is 5.69 Å². The van der Waals surface area contributed by atoms with Crippen molar-refractivity contribution >= 4 is 17.5 Å². The highest BCUT2D eigenvalue weighted by molar-refractivity contribution is 5.92. The number of allylic oxidation sites excluding steroid dienone is 4. The smallest absolute Gasteiger partial charge is 0.0688 e. The average Bonchev–Trinajstić information content (AvgIpc) is 2.82. The van der Waals surface area contributed by atoms with Gasteiger partial charge in [-0.3, -0.25) is 4.99 Å². The lowest BCUT2D eigenvalue weighted by Crippen LogP contribution is -1.93. The first kappa shape index (κ1) is 16.4. The SMILES string of the molecule is CC1=C(C)C(C)=C(c2ccccc2/C=N/c2c(C)cccc2C)C1. The first-order valence-electron chi connectivity index (χ1n) is 8.55. The molecule has 0 heterocycles. The zero-order valence-corrected chi connectivity index (χ0v) is 15.3. The van der Waals surface area contributed by atoms with Crippen molar-refractivity contribution in [1.29, 1.82) is 0 Å². The molecule has 1 aliphatic carbocycles. The minimum absolute atomic E-state index is 1.05. The summed E-state index contributed by atoms with van der Waals surface area (Å²) in [6, 6.07) is 14.9. The fourth-order valence-electron chi connectivity index (χ4n) is 3.40. The highest BCUT2D eigenvalue weighted by atomic mass is 14.7. The van der Waals surface area contributed by atoms with Crippen LogP contribution < -0.4 is 0 Å². The van der Waals surface area contributed by atoms with E-state index < -0.39 is 0 Å². The number of para-hydroxylation sites is 1. The van der Waals surface area contributed by atoms with E-state index >= 15 is 0 Å². The van der Waals surface area contributed by atoms with Crippen LogP contribution >= 0.6 is 0 Å². The Kier molecular flexibility index (Phi) is 4.53. The van der Waals surface area contributed by atoms with Crippen LogP contribution in [-0.4, -0.2) is 6.21 Å². The predicted octanol–water partition coefficient (Wildman–Crippen LogP) is 6.57. The minimum atomic E-state index is 1.05. The molecular formula is C23H25N. The topological polar surface area (TPSA) is 12.4 Å². The first-order valence-corrected chi connectivity index (χ1v) is 8.55. The molecule has 1 nitrogen and oxygen atoms in total. The molecule has 0 aromatic heterocycles. The standard InChI is InChI=1S/C23H25N/c1-15-9-8-10-16(2)23(15)24-14-20-11-6-7-12-21(20)22-13-17(3)18(4)19(22)5/h6-12,14H,13H2,1-5H3/b24-14+. The lowest BCUT2D eigenvalue weighted by Gasteiger charge is -2.10. The van der Waals surface area contributed by atoms with E-state index in [9.17, 15) is 0 Å². The summed E-state index contributed by atoms with van der Waals surface area (Å²) in [5, 5.41) is 0. The van der Waals surface area contributed by atoms with Gasteiger partial charge in [0.15, 0.2) is 0 Å². The summed E-state index contributed by atoms with van der Waals surface area (Å²) in [4.78, 5) is 4.81. The van der Waals surface area contributed by atoms with Gasteiger partial charge in [0.1, 0.15) is 0 Å². The number of benzene rings is 2. The summed E-state index contributed by atoms with van der Waals surface area (Å²) >= 11 is 0. The minimum Gasteiger partial charge on any atom is -0.256 e. The van der Waals surface area contributed by atoms with Crippen LogP contribution in [0.15, 0.2) is 64.2 Å². The van der Waals surface area contributed by atoms with Crippen molar-refractivity contribution in [2.75, 3.05) is 0 Å². The predicted molar refractivity (Wildman–Crippen MR) is 105 cm³/mol. The summed E-state index contributed by atoms with van der Waals surface area (Å²) in [5.74, 6) is 0. The maximum Gasteiger partial charge on any atom is 0.0688 e. The van der Waals surface area contributed by atoms with Crippen molar-refractivity contribution < 1.29 is 0 Å². The molecule has 0 aliphatic heterocycles. The van der Waals surface area contributed by atoms with Gasteiger partial charge in [-0.2, -0.15) is 0 Å². The molecule has 1 aliphatic rings. The van der Waals surface area contributed by atoms with E-state index in [1.165, 1.54) is 44.5 Å². The molecule has 1 heteroatoms. The second-order valence-electron chi connectivity index (χ2n) is 6.77. The van der Waals surface area contributed by atoms with Crippen molar-refractivity contribution in [3.8, 4) is 0 Å². The van der Waals surface area contributed by atoms with Crippen LogP contribution in [-0.2, 0) is 0 Å². The van der Waals surface area contributed by atoms with Crippen LogP contribution in [0.1, 0.15) is 49.4 Å². The Bertz CT molecular complexity index is 858. The number of aryl methyl sites for hydroxylation is 2. The molecule has 2 aromatic rings. The monoisotopic (exact) mass is 315 g/mol. The number of hydrogen-bond acceptors (Lipinski definition) is 1. The van der Waals surface area contributed by atoms with E-state index in [0.29, 0.717) is 0 Å². The molecule has 2 aromatic carbocycles.